The second-order valence-corrected chi connectivity index (χ2v) is 4.35. The summed E-state index contributed by atoms with van der Waals surface area (Å²) >= 11 is 0. The number of aromatic nitrogens is 1. The molecule has 3 heteroatoms. The van der Waals surface area contributed by atoms with E-state index in [-0.39, 0.29) is 0 Å². The number of nitrogens with one attached hydrogen (secondary N) is 1. The van der Waals surface area contributed by atoms with Gasteiger partial charge in [0.2, 0.25) is 0 Å². The second-order valence-electron chi connectivity index (χ2n) is 4.35. The number of fused-ring (bicyclic) bond motifs is 3. The lowest BCUT2D eigenvalue weighted by Crippen LogP contribution is -1.95. The minimum absolute atomic E-state index is 0.658. The molecule has 0 amide bonds. The highest BCUT2D eigenvalue weighted by atomic mass is 16.4. The molecule has 1 aromatic heterocycles. The maximum atomic E-state index is 8.87. The molecule has 1 aromatic carbocycles. The first-order valence-electron chi connectivity index (χ1n) is 5.62. The zero-order chi connectivity index (χ0) is 11.1. The maximum absolute atomic E-state index is 8.87. The minimum Gasteiger partial charge on any atom is -0.411 e. The van der Waals surface area contributed by atoms with Crippen LogP contribution in [-0.2, 0) is 12.8 Å². The Balaban J connectivity index is 2.33. The lowest BCUT2D eigenvalue weighted by Gasteiger charge is -2.01. The molecule has 0 aliphatic heterocycles. The summed E-state index contributed by atoms with van der Waals surface area (Å²) in [5.41, 5.74) is 5.57. The van der Waals surface area contributed by atoms with E-state index >= 15 is 0 Å². The molecule has 1 heterocycles. The van der Waals surface area contributed by atoms with Crippen molar-refractivity contribution in [1.29, 1.82) is 0 Å². The molecule has 82 valence electrons. The van der Waals surface area contributed by atoms with Crippen LogP contribution in [0.15, 0.2) is 23.4 Å². The molecule has 3 rings (SSSR count). The SMILES string of the molecule is C/C(=N\O)c1cccc2c3c([nH]c12)CCC3. The van der Waals surface area contributed by atoms with Crippen LogP contribution in [0.1, 0.15) is 30.2 Å². The molecular formula is C13H14N2O. The average molecular weight is 214 g/mol. The van der Waals surface area contributed by atoms with Gasteiger partial charge in [0.1, 0.15) is 0 Å². The lowest BCUT2D eigenvalue weighted by molar-refractivity contribution is 0.319. The van der Waals surface area contributed by atoms with Crippen molar-refractivity contribution in [3.8, 4) is 0 Å². The predicted octanol–water partition coefficient (Wildman–Crippen LogP) is 2.85. The first-order chi connectivity index (χ1) is 7.81. The fourth-order valence-corrected chi connectivity index (χ4v) is 2.62. The van der Waals surface area contributed by atoms with Crippen LogP contribution in [0.25, 0.3) is 10.9 Å². The van der Waals surface area contributed by atoms with Crippen LogP contribution in [0.4, 0.5) is 0 Å². The summed E-state index contributed by atoms with van der Waals surface area (Å²) in [6.07, 6.45) is 3.54. The van der Waals surface area contributed by atoms with Gasteiger partial charge in [-0.25, -0.2) is 0 Å². The molecular weight excluding hydrogens is 200 g/mol. The van der Waals surface area contributed by atoms with Gasteiger partial charge in [-0.2, -0.15) is 0 Å². The van der Waals surface area contributed by atoms with E-state index in [0.717, 1.165) is 23.9 Å². The van der Waals surface area contributed by atoms with Crippen LogP contribution >= 0.6 is 0 Å². The molecule has 3 nitrogen and oxygen atoms in total. The largest absolute Gasteiger partial charge is 0.411 e. The van der Waals surface area contributed by atoms with Gasteiger partial charge in [-0.1, -0.05) is 23.4 Å². The monoisotopic (exact) mass is 214 g/mol. The van der Waals surface area contributed by atoms with E-state index in [4.69, 9.17) is 5.21 Å². The van der Waals surface area contributed by atoms with Gasteiger partial charge in [-0.3, -0.25) is 0 Å². The molecule has 0 saturated heterocycles. The minimum atomic E-state index is 0.658. The lowest BCUT2D eigenvalue weighted by atomic mass is 10.1. The Hall–Kier alpha value is -1.77. The van der Waals surface area contributed by atoms with Gasteiger partial charge in [0, 0.05) is 16.6 Å². The third-order valence-corrected chi connectivity index (χ3v) is 3.42. The van der Waals surface area contributed by atoms with Crippen molar-refractivity contribution >= 4 is 16.6 Å². The fourth-order valence-electron chi connectivity index (χ4n) is 2.62. The first-order valence-corrected chi connectivity index (χ1v) is 5.62. The molecule has 1 aliphatic rings. The Morgan fingerprint density at radius 2 is 2.25 bits per heavy atom. The van der Waals surface area contributed by atoms with E-state index in [1.165, 1.54) is 23.1 Å². The van der Waals surface area contributed by atoms with Crippen LogP contribution in [-0.4, -0.2) is 15.9 Å². The van der Waals surface area contributed by atoms with Crippen molar-refractivity contribution in [2.75, 3.05) is 0 Å². The number of H-pyrrole nitrogens is 1. The van der Waals surface area contributed by atoms with Crippen molar-refractivity contribution in [2.45, 2.75) is 26.2 Å². The van der Waals surface area contributed by atoms with E-state index < -0.39 is 0 Å². The number of nitrogens with zero attached hydrogens (tertiary/aromatic N) is 1. The predicted molar refractivity (Wildman–Crippen MR) is 64.3 cm³/mol. The summed E-state index contributed by atoms with van der Waals surface area (Å²) in [7, 11) is 0. The summed E-state index contributed by atoms with van der Waals surface area (Å²) in [5, 5.41) is 13.4. The molecule has 0 radical (unpaired) electrons. The molecule has 0 atom stereocenters. The van der Waals surface area contributed by atoms with Crippen LogP contribution in [0.3, 0.4) is 0 Å². The van der Waals surface area contributed by atoms with Gasteiger partial charge in [-0.15, -0.1) is 0 Å². The molecule has 2 N–H and O–H groups in total. The number of aromatic amines is 1. The Labute approximate surface area is 93.8 Å². The molecule has 0 spiro atoms. The smallest absolute Gasteiger partial charge is 0.0857 e. The van der Waals surface area contributed by atoms with E-state index in [0.29, 0.717) is 5.71 Å². The summed E-state index contributed by atoms with van der Waals surface area (Å²) in [5.74, 6) is 0. The van der Waals surface area contributed by atoms with E-state index in [9.17, 15) is 0 Å². The highest BCUT2D eigenvalue weighted by Crippen LogP contribution is 2.31. The normalized spacial score (nSPS) is 15.7. The van der Waals surface area contributed by atoms with Crippen molar-refractivity contribution in [2.24, 2.45) is 5.16 Å². The van der Waals surface area contributed by atoms with Crippen molar-refractivity contribution in [3.05, 3.63) is 35.0 Å². The number of rotatable bonds is 1. The second kappa shape index (κ2) is 3.37. The first kappa shape index (κ1) is 9.46. The van der Waals surface area contributed by atoms with E-state index in [1.54, 1.807) is 0 Å². The molecule has 16 heavy (non-hydrogen) atoms. The average Bonchev–Trinajstić information content (AvgIpc) is 2.87. The number of hydrogen-bond donors (Lipinski definition) is 2. The summed E-state index contributed by atoms with van der Waals surface area (Å²) in [6.45, 7) is 1.82. The maximum Gasteiger partial charge on any atom is 0.0857 e. The van der Waals surface area contributed by atoms with Gasteiger partial charge in [0.15, 0.2) is 0 Å². The molecule has 1 aliphatic carbocycles. The number of benzene rings is 1. The zero-order valence-electron chi connectivity index (χ0n) is 9.25. The van der Waals surface area contributed by atoms with Gasteiger partial charge >= 0.3 is 0 Å². The molecule has 2 aromatic rings. The highest BCUT2D eigenvalue weighted by molar-refractivity contribution is 6.09. The molecule has 0 unspecified atom stereocenters. The van der Waals surface area contributed by atoms with E-state index in [1.807, 2.05) is 19.1 Å². The number of aryl methyl sites for hydroxylation is 2. The van der Waals surface area contributed by atoms with Gasteiger partial charge in [0.25, 0.3) is 0 Å². The van der Waals surface area contributed by atoms with Crippen LogP contribution in [0.2, 0.25) is 0 Å². The van der Waals surface area contributed by atoms with Crippen LogP contribution in [0, 0.1) is 0 Å². The molecule has 0 fully saturated rings. The standard InChI is InChI=1S/C13H14N2O/c1-8(15-16)9-4-2-6-11-10-5-3-7-12(10)14-13(9)11/h2,4,6,14,16H,3,5,7H2,1H3/b15-8+. The van der Waals surface area contributed by atoms with Crippen molar-refractivity contribution < 1.29 is 5.21 Å². The van der Waals surface area contributed by atoms with Crippen molar-refractivity contribution in [3.63, 3.8) is 0 Å². The molecule has 0 bridgehead atoms. The Kier molecular flexibility index (Phi) is 1.99. The number of oxime groups is 1. The van der Waals surface area contributed by atoms with Gasteiger partial charge in [0.05, 0.1) is 11.2 Å². The Bertz CT molecular complexity index is 581. The Morgan fingerprint density at radius 1 is 1.38 bits per heavy atom. The topological polar surface area (TPSA) is 48.4 Å². The number of hydrogen-bond acceptors (Lipinski definition) is 2. The Morgan fingerprint density at radius 3 is 3.06 bits per heavy atom. The molecule has 0 saturated carbocycles. The van der Waals surface area contributed by atoms with Crippen molar-refractivity contribution in [1.82, 2.24) is 4.98 Å². The summed E-state index contributed by atoms with van der Waals surface area (Å²) in [4.78, 5) is 3.47. The quantitative estimate of drug-likeness (QED) is 0.428. The van der Waals surface area contributed by atoms with E-state index in [2.05, 4.69) is 16.2 Å². The highest BCUT2D eigenvalue weighted by Gasteiger charge is 2.18. The van der Waals surface area contributed by atoms with Crippen LogP contribution < -0.4 is 0 Å². The summed E-state index contributed by atoms with van der Waals surface area (Å²) in [6, 6.07) is 6.16. The van der Waals surface area contributed by atoms with Gasteiger partial charge < -0.3 is 10.2 Å². The third-order valence-electron chi connectivity index (χ3n) is 3.42. The number of para-hydroxylation sites is 1. The zero-order valence-corrected chi connectivity index (χ0v) is 9.25. The van der Waals surface area contributed by atoms with Gasteiger partial charge in [-0.05, 0) is 31.7 Å². The summed E-state index contributed by atoms with van der Waals surface area (Å²) < 4.78 is 0. The third kappa shape index (κ3) is 1.18. The van der Waals surface area contributed by atoms with Crippen LogP contribution in [0.5, 0.6) is 0 Å². The fraction of sp³-hybridized carbons (Fsp3) is 0.308.